The monoisotopic (exact) mass is 252 g/mol. The van der Waals surface area contributed by atoms with Gasteiger partial charge in [-0.15, -0.1) is 0 Å². The number of nitrogens with one attached hydrogen (secondary N) is 1. The van der Waals surface area contributed by atoms with Crippen LogP contribution in [-0.2, 0) is 4.79 Å². The van der Waals surface area contributed by atoms with Crippen molar-refractivity contribution in [1.29, 1.82) is 0 Å². The second-order valence-electron chi connectivity index (χ2n) is 3.17. The Balaban J connectivity index is 2.67. The highest BCUT2D eigenvalue weighted by atomic mass is 35.5. The molecule has 0 aromatic carbocycles. The standard InChI is InChI=1S/C9H8ClF3N2O/c1-5-2-6(4-14-8(5)10)15-7(16)3-9(11,12)13/h2,4H,3H2,1H3,(H,15,16). The molecule has 0 spiro atoms. The number of pyridine rings is 1. The van der Waals surface area contributed by atoms with Gasteiger partial charge in [0.2, 0.25) is 5.91 Å². The zero-order valence-electron chi connectivity index (χ0n) is 8.23. The Morgan fingerprint density at radius 2 is 2.19 bits per heavy atom. The van der Waals surface area contributed by atoms with Gasteiger partial charge in [0.1, 0.15) is 11.6 Å². The molecule has 1 aromatic rings. The molecule has 1 rings (SSSR count). The minimum absolute atomic E-state index is 0.191. The number of aromatic nitrogens is 1. The maximum atomic E-state index is 11.9. The van der Waals surface area contributed by atoms with Crippen LogP contribution in [0.3, 0.4) is 0 Å². The van der Waals surface area contributed by atoms with Crippen molar-refractivity contribution < 1.29 is 18.0 Å². The summed E-state index contributed by atoms with van der Waals surface area (Å²) in [6, 6.07) is 1.45. The second kappa shape index (κ2) is 4.69. The number of hydrogen-bond donors (Lipinski definition) is 1. The van der Waals surface area contributed by atoms with Crippen molar-refractivity contribution in [3.63, 3.8) is 0 Å². The molecule has 0 aliphatic heterocycles. The predicted molar refractivity (Wildman–Crippen MR) is 53.3 cm³/mol. The molecule has 0 bridgehead atoms. The fourth-order valence-corrected chi connectivity index (χ4v) is 1.12. The Hall–Kier alpha value is -1.30. The van der Waals surface area contributed by atoms with Crippen LogP contribution in [0.1, 0.15) is 12.0 Å². The number of halogens is 4. The molecule has 0 fully saturated rings. The van der Waals surface area contributed by atoms with Gasteiger partial charge in [-0.2, -0.15) is 13.2 Å². The van der Waals surface area contributed by atoms with E-state index in [0.29, 0.717) is 5.56 Å². The molecule has 3 nitrogen and oxygen atoms in total. The third-order valence-corrected chi connectivity index (χ3v) is 2.05. The zero-order chi connectivity index (χ0) is 12.3. The quantitative estimate of drug-likeness (QED) is 0.823. The summed E-state index contributed by atoms with van der Waals surface area (Å²) in [7, 11) is 0. The SMILES string of the molecule is Cc1cc(NC(=O)CC(F)(F)F)cnc1Cl. The van der Waals surface area contributed by atoms with E-state index in [1.807, 2.05) is 0 Å². The Kier molecular flexibility index (Phi) is 3.74. The van der Waals surface area contributed by atoms with Gasteiger partial charge in [-0.3, -0.25) is 4.79 Å². The Morgan fingerprint density at radius 3 is 2.69 bits per heavy atom. The highest BCUT2D eigenvalue weighted by Crippen LogP contribution is 2.21. The van der Waals surface area contributed by atoms with Crippen molar-refractivity contribution in [2.24, 2.45) is 0 Å². The molecule has 0 radical (unpaired) electrons. The molecule has 1 aromatic heterocycles. The third-order valence-electron chi connectivity index (χ3n) is 1.66. The molecule has 0 aliphatic carbocycles. The molecule has 7 heteroatoms. The normalized spacial score (nSPS) is 11.3. The molecule has 0 saturated carbocycles. The number of amides is 1. The van der Waals surface area contributed by atoms with Gasteiger partial charge >= 0.3 is 6.18 Å². The smallest absolute Gasteiger partial charge is 0.324 e. The number of rotatable bonds is 2. The van der Waals surface area contributed by atoms with Crippen LogP contribution in [0.5, 0.6) is 0 Å². The molecule has 1 amide bonds. The maximum absolute atomic E-state index is 11.9. The minimum atomic E-state index is -4.51. The number of nitrogens with zero attached hydrogens (tertiary/aromatic N) is 1. The third kappa shape index (κ3) is 4.06. The van der Waals surface area contributed by atoms with Gasteiger partial charge in [-0.05, 0) is 18.6 Å². The molecular weight excluding hydrogens is 245 g/mol. The van der Waals surface area contributed by atoms with Crippen molar-refractivity contribution in [3.05, 3.63) is 23.0 Å². The van der Waals surface area contributed by atoms with E-state index >= 15 is 0 Å². The largest absolute Gasteiger partial charge is 0.397 e. The maximum Gasteiger partial charge on any atom is 0.397 e. The van der Waals surface area contributed by atoms with E-state index in [-0.39, 0.29) is 10.8 Å². The average Bonchev–Trinajstić information content (AvgIpc) is 2.08. The van der Waals surface area contributed by atoms with Gasteiger partial charge < -0.3 is 5.32 Å². The molecule has 0 unspecified atom stereocenters. The fraction of sp³-hybridized carbons (Fsp3) is 0.333. The van der Waals surface area contributed by atoms with Crippen LogP contribution in [0, 0.1) is 6.92 Å². The van der Waals surface area contributed by atoms with Crippen LogP contribution < -0.4 is 5.32 Å². The molecule has 1 N–H and O–H groups in total. The van der Waals surface area contributed by atoms with Crippen molar-refractivity contribution in [1.82, 2.24) is 4.98 Å². The Morgan fingerprint density at radius 1 is 1.56 bits per heavy atom. The van der Waals surface area contributed by atoms with Crippen molar-refractivity contribution >= 4 is 23.2 Å². The highest BCUT2D eigenvalue weighted by molar-refractivity contribution is 6.30. The molecule has 0 atom stereocenters. The molecule has 88 valence electrons. The second-order valence-corrected chi connectivity index (χ2v) is 3.53. The van der Waals surface area contributed by atoms with E-state index in [4.69, 9.17) is 11.6 Å². The van der Waals surface area contributed by atoms with Gasteiger partial charge in [0.25, 0.3) is 0 Å². The molecule has 0 saturated heterocycles. The van der Waals surface area contributed by atoms with E-state index in [1.165, 1.54) is 12.3 Å². The van der Waals surface area contributed by atoms with Crippen LogP contribution in [0.25, 0.3) is 0 Å². The first-order valence-electron chi connectivity index (χ1n) is 4.26. The summed E-state index contributed by atoms with van der Waals surface area (Å²) in [4.78, 5) is 14.6. The van der Waals surface area contributed by atoms with Gasteiger partial charge in [0, 0.05) is 0 Å². The van der Waals surface area contributed by atoms with Gasteiger partial charge in [0.05, 0.1) is 11.9 Å². The summed E-state index contributed by atoms with van der Waals surface area (Å²) >= 11 is 5.62. The first-order valence-corrected chi connectivity index (χ1v) is 4.64. The molecule has 16 heavy (non-hydrogen) atoms. The summed E-state index contributed by atoms with van der Waals surface area (Å²) < 4.78 is 35.6. The topological polar surface area (TPSA) is 42.0 Å². The van der Waals surface area contributed by atoms with Crippen molar-refractivity contribution in [2.45, 2.75) is 19.5 Å². The van der Waals surface area contributed by atoms with E-state index < -0.39 is 18.5 Å². The van der Waals surface area contributed by atoms with Crippen LogP contribution in [-0.4, -0.2) is 17.1 Å². The summed E-state index contributed by atoms with van der Waals surface area (Å²) in [6.07, 6.45) is -4.84. The van der Waals surface area contributed by atoms with E-state index in [2.05, 4.69) is 10.3 Å². The van der Waals surface area contributed by atoms with E-state index in [0.717, 1.165) is 0 Å². The van der Waals surface area contributed by atoms with Crippen molar-refractivity contribution in [2.75, 3.05) is 5.32 Å². The Labute approximate surface area is 94.6 Å². The summed E-state index contributed by atoms with van der Waals surface area (Å²) in [5, 5.41) is 2.33. The predicted octanol–water partition coefficient (Wildman–Crippen LogP) is 2.93. The Bertz CT molecular complexity index is 406. The van der Waals surface area contributed by atoms with Crippen LogP contribution in [0.2, 0.25) is 5.15 Å². The number of hydrogen-bond acceptors (Lipinski definition) is 2. The lowest BCUT2D eigenvalue weighted by molar-refractivity contribution is -0.150. The molecule has 1 heterocycles. The molecular formula is C9H8ClF3N2O. The van der Waals surface area contributed by atoms with Gasteiger partial charge in [-0.25, -0.2) is 4.98 Å². The summed E-state index contributed by atoms with van der Waals surface area (Å²) in [5.74, 6) is -1.13. The molecule has 0 aliphatic rings. The highest BCUT2D eigenvalue weighted by Gasteiger charge is 2.31. The van der Waals surface area contributed by atoms with E-state index in [1.54, 1.807) is 6.92 Å². The van der Waals surface area contributed by atoms with E-state index in [9.17, 15) is 18.0 Å². The zero-order valence-corrected chi connectivity index (χ0v) is 8.99. The van der Waals surface area contributed by atoms with Crippen molar-refractivity contribution in [3.8, 4) is 0 Å². The number of alkyl halides is 3. The van der Waals surface area contributed by atoms with Crippen LogP contribution in [0.4, 0.5) is 18.9 Å². The number of carbonyl (C=O) groups is 1. The summed E-state index contributed by atoms with van der Waals surface area (Å²) in [6.45, 7) is 1.63. The number of aryl methyl sites for hydroxylation is 1. The minimum Gasteiger partial charge on any atom is -0.324 e. The first kappa shape index (κ1) is 12.8. The number of anilines is 1. The summed E-state index contributed by atoms with van der Waals surface area (Å²) in [5.41, 5.74) is 0.766. The first-order chi connectivity index (χ1) is 7.28. The van der Waals surface area contributed by atoms with Gasteiger partial charge in [0.15, 0.2) is 0 Å². The lowest BCUT2D eigenvalue weighted by Gasteiger charge is -2.08. The number of carbonyl (C=O) groups excluding carboxylic acids is 1. The van der Waals surface area contributed by atoms with Crippen LogP contribution in [0.15, 0.2) is 12.3 Å². The van der Waals surface area contributed by atoms with Crippen LogP contribution >= 0.6 is 11.6 Å². The lowest BCUT2D eigenvalue weighted by atomic mass is 10.3. The lowest BCUT2D eigenvalue weighted by Crippen LogP contribution is -2.21. The fourth-order valence-electron chi connectivity index (χ4n) is 1.01. The average molecular weight is 253 g/mol. The van der Waals surface area contributed by atoms with Gasteiger partial charge in [-0.1, -0.05) is 11.6 Å².